The Morgan fingerprint density at radius 1 is 1.21 bits per heavy atom. The number of amides is 1. The number of aryl methyl sites for hydroxylation is 2. The van der Waals surface area contributed by atoms with E-state index in [2.05, 4.69) is 20.1 Å². The van der Waals surface area contributed by atoms with E-state index >= 15 is 0 Å². The van der Waals surface area contributed by atoms with Crippen molar-refractivity contribution in [2.24, 2.45) is 5.92 Å². The lowest BCUT2D eigenvalue weighted by Gasteiger charge is -2.33. The van der Waals surface area contributed by atoms with Crippen molar-refractivity contribution in [1.82, 2.24) is 25.0 Å². The van der Waals surface area contributed by atoms with Crippen LogP contribution in [0.4, 0.5) is 0 Å². The molecule has 7 heteroatoms. The van der Waals surface area contributed by atoms with Crippen LogP contribution >= 0.6 is 0 Å². The van der Waals surface area contributed by atoms with Gasteiger partial charge in [0.15, 0.2) is 5.82 Å². The molecule has 1 aliphatic heterocycles. The van der Waals surface area contributed by atoms with E-state index in [1.807, 2.05) is 42.2 Å². The Balaban J connectivity index is 1.35. The van der Waals surface area contributed by atoms with Crippen LogP contribution in [0.3, 0.4) is 0 Å². The maximum Gasteiger partial charge on any atom is 0.276 e. The summed E-state index contributed by atoms with van der Waals surface area (Å²) in [5.41, 5.74) is 2.16. The van der Waals surface area contributed by atoms with Crippen LogP contribution in [0.1, 0.15) is 41.1 Å². The Bertz CT molecular complexity index is 941. The standard InChI is InChI=1S/C21H23N5O2/c1-15-17(7-4-12-22-15)21(27)26-13-5-6-16(14-26)9-10-19-24-20(28-25-19)18-8-2-3-11-23-18/h2-4,7-8,11-12,16H,5-6,9-10,13-14H2,1H3. The predicted octanol–water partition coefficient (Wildman–Crippen LogP) is 3.32. The van der Waals surface area contributed by atoms with Crippen molar-refractivity contribution in [3.8, 4) is 11.6 Å². The van der Waals surface area contributed by atoms with Crippen LogP contribution in [-0.2, 0) is 6.42 Å². The van der Waals surface area contributed by atoms with Crippen LogP contribution in [0.25, 0.3) is 11.6 Å². The molecule has 0 aliphatic carbocycles. The molecule has 28 heavy (non-hydrogen) atoms. The zero-order chi connectivity index (χ0) is 19.3. The fourth-order valence-electron chi connectivity index (χ4n) is 3.65. The summed E-state index contributed by atoms with van der Waals surface area (Å²) < 4.78 is 5.33. The average Bonchev–Trinajstić information content (AvgIpc) is 3.22. The summed E-state index contributed by atoms with van der Waals surface area (Å²) in [6.45, 7) is 3.44. The molecule has 0 saturated carbocycles. The Labute approximate surface area is 163 Å². The first kappa shape index (κ1) is 18.3. The molecular weight excluding hydrogens is 354 g/mol. The molecule has 144 valence electrons. The van der Waals surface area contributed by atoms with Crippen molar-refractivity contribution < 1.29 is 9.32 Å². The number of hydrogen-bond acceptors (Lipinski definition) is 6. The van der Waals surface area contributed by atoms with Gasteiger partial charge in [0.05, 0.1) is 5.56 Å². The maximum atomic E-state index is 12.8. The molecule has 4 rings (SSSR count). The summed E-state index contributed by atoms with van der Waals surface area (Å²) in [5.74, 6) is 1.65. The number of likely N-dealkylation sites (tertiary alicyclic amines) is 1. The minimum absolute atomic E-state index is 0.0762. The number of nitrogens with zero attached hydrogens (tertiary/aromatic N) is 5. The number of hydrogen-bond donors (Lipinski definition) is 0. The summed E-state index contributed by atoms with van der Waals surface area (Å²) in [6, 6.07) is 9.26. The Morgan fingerprint density at radius 3 is 2.93 bits per heavy atom. The van der Waals surface area contributed by atoms with Gasteiger partial charge in [0.25, 0.3) is 11.8 Å². The van der Waals surface area contributed by atoms with E-state index in [-0.39, 0.29) is 5.91 Å². The third-order valence-electron chi connectivity index (χ3n) is 5.17. The van der Waals surface area contributed by atoms with Gasteiger partial charge in [-0.3, -0.25) is 14.8 Å². The van der Waals surface area contributed by atoms with Crippen LogP contribution in [-0.4, -0.2) is 44.0 Å². The highest BCUT2D eigenvalue weighted by molar-refractivity contribution is 5.95. The van der Waals surface area contributed by atoms with Gasteiger partial charge in [-0.15, -0.1) is 0 Å². The molecule has 1 amide bonds. The highest BCUT2D eigenvalue weighted by atomic mass is 16.5. The summed E-state index contributed by atoms with van der Waals surface area (Å²) >= 11 is 0. The normalized spacial score (nSPS) is 16.9. The third kappa shape index (κ3) is 4.08. The van der Waals surface area contributed by atoms with E-state index in [0.717, 1.165) is 44.5 Å². The second kappa shape index (κ2) is 8.29. The molecule has 1 fully saturated rings. The van der Waals surface area contributed by atoms with Crippen LogP contribution < -0.4 is 0 Å². The molecule has 0 aromatic carbocycles. The van der Waals surface area contributed by atoms with E-state index < -0.39 is 0 Å². The zero-order valence-corrected chi connectivity index (χ0v) is 15.9. The molecule has 4 heterocycles. The average molecular weight is 377 g/mol. The first-order chi connectivity index (χ1) is 13.7. The van der Waals surface area contributed by atoms with E-state index in [1.165, 1.54) is 0 Å². The minimum Gasteiger partial charge on any atom is -0.338 e. The molecule has 0 radical (unpaired) electrons. The molecule has 1 saturated heterocycles. The van der Waals surface area contributed by atoms with Crippen molar-refractivity contribution in [2.75, 3.05) is 13.1 Å². The molecule has 1 atom stereocenters. The number of piperidine rings is 1. The lowest BCUT2D eigenvalue weighted by Crippen LogP contribution is -2.40. The van der Waals surface area contributed by atoms with Crippen LogP contribution in [0.2, 0.25) is 0 Å². The Hall–Kier alpha value is -3.09. The van der Waals surface area contributed by atoms with Crippen LogP contribution in [0, 0.1) is 12.8 Å². The molecule has 0 spiro atoms. The predicted molar refractivity (Wildman–Crippen MR) is 103 cm³/mol. The van der Waals surface area contributed by atoms with Gasteiger partial charge in [0, 0.05) is 37.6 Å². The summed E-state index contributed by atoms with van der Waals surface area (Å²) in [5, 5.41) is 4.08. The van der Waals surface area contributed by atoms with E-state index in [4.69, 9.17) is 4.52 Å². The lowest BCUT2D eigenvalue weighted by atomic mass is 9.92. The number of rotatable bonds is 5. The molecule has 7 nitrogen and oxygen atoms in total. The number of carbonyl (C=O) groups excluding carboxylic acids is 1. The second-order valence-electron chi connectivity index (χ2n) is 7.17. The molecule has 0 bridgehead atoms. The molecular formula is C21H23N5O2. The minimum atomic E-state index is 0.0762. The molecule has 1 unspecified atom stereocenters. The van der Waals surface area contributed by atoms with Gasteiger partial charge < -0.3 is 9.42 Å². The van der Waals surface area contributed by atoms with E-state index in [0.29, 0.717) is 28.9 Å². The third-order valence-corrected chi connectivity index (χ3v) is 5.17. The van der Waals surface area contributed by atoms with Gasteiger partial charge in [0.1, 0.15) is 5.69 Å². The summed E-state index contributed by atoms with van der Waals surface area (Å²) in [4.78, 5) is 27.7. The van der Waals surface area contributed by atoms with Gasteiger partial charge in [0.2, 0.25) is 0 Å². The number of pyridine rings is 2. The van der Waals surface area contributed by atoms with Gasteiger partial charge in [-0.05, 0) is 56.4 Å². The monoisotopic (exact) mass is 377 g/mol. The van der Waals surface area contributed by atoms with E-state index in [1.54, 1.807) is 12.4 Å². The highest BCUT2D eigenvalue weighted by Gasteiger charge is 2.25. The molecule has 1 aliphatic rings. The Kier molecular flexibility index (Phi) is 5.41. The number of carbonyl (C=O) groups is 1. The van der Waals surface area contributed by atoms with E-state index in [9.17, 15) is 4.79 Å². The smallest absolute Gasteiger partial charge is 0.276 e. The second-order valence-corrected chi connectivity index (χ2v) is 7.17. The zero-order valence-electron chi connectivity index (χ0n) is 15.9. The van der Waals surface area contributed by atoms with Gasteiger partial charge in [-0.25, -0.2) is 0 Å². The van der Waals surface area contributed by atoms with Crippen molar-refractivity contribution in [3.63, 3.8) is 0 Å². The van der Waals surface area contributed by atoms with Crippen LogP contribution in [0.5, 0.6) is 0 Å². The highest BCUT2D eigenvalue weighted by Crippen LogP contribution is 2.23. The van der Waals surface area contributed by atoms with Crippen molar-refractivity contribution in [1.29, 1.82) is 0 Å². The molecule has 0 N–H and O–H groups in total. The lowest BCUT2D eigenvalue weighted by molar-refractivity contribution is 0.0666. The topological polar surface area (TPSA) is 85.0 Å². The van der Waals surface area contributed by atoms with Gasteiger partial charge >= 0.3 is 0 Å². The van der Waals surface area contributed by atoms with Crippen molar-refractivity contribution in [3.05, 3.63) is 59.8 Å². The van der Waals surface area contributed by atoms with Crippen LogP contribution in [0.15, 0.2) is 47.2 Å². The number of aromatic nitrogens is 4. The fraction of sp³-hybridized carbons (Fsp3) is 0.381. The molecule has 3 aromatic heterocycles. The first-order valence-corrected chi connectivity index (χ1v) is 9.65. The SMILES string of the molecule is Cc1ncccc1C(=O)N1CCCC(CCc2noc(-c3ccccn3)n2)C1. The van der Waals surface area contributed by atoms with Gasteiger partial charge in [-0.2, -0.15) is 4.98 Å². The Morgan fingerprint density at radius 2 is 2.11 bits per heavy atom. The maximum absolute atomic E-state index is 12.8. The summed E-state index contributed by atoms with van der Waals surface area (Å²) in [7, 11) is 0. The molecule has 3 aromatic rings. The first-order valence-electron chi connectivity index (χ1n) is 9.65. The van der Waals surface area contributed by atoms with Crippen molar-refractivity contribution in [2.45, 2.75) is 32.6 Å². The summed E-state index contributed by atoms with van der Waals surface area (Å²) in [6.07, 6.45) is 7.21. The quantitative estimate of drug-likeness (QED) is 0.678. The fourth-order valence-corrected chi connectivity index (χ4v) is 3.65. The largest absolute Gasteiger partial charge is 0.338 e. The van der Waals surface area contributed by atoms with Crippen molar-refractivity contribution >= 4 is 5.91 Å². The van der Waals surface area contributed by atoms with Gasteiger partial charge in [-0.1, -0.05) is 11.2 Å².